The van der Waals surface area contributed by atoms with Gasteiger partial charge in [0.2, 0.25) is 0 Å². The molecule has 2 aromatic heterocycles. The lowest BCUT2D eigenvalue weighted by Crippen LogP contribution is -2.09. The fraction of sp³-hybridized carbons (Fsp3) is 0.350. The first-order chi connectivity index (χ1) is 13.4. The summed E-state index contributed by atoms with van der Waals surface area (Å²) in [6.45, 7) is 4.26. The second-order valence-electron chi connectivity index (χ2n) is 6.49. The Kier molecular flexibility index (Phi) is 6.51. The molecular weight excluding hydrogens is 392 g/mol. The number of aryl methyl sites for hydroxylation is 2. The lowest BCUT2D eigenvalue weighted by atomic mass is 10.0. The molecule has 148 valence electrons. The van der Waals surface area contributed by atoms with Crippen molar-refractivity contribution in [2.45, 2.75) is 31.8 Å². The second-order valence-corrected chi connectivity index (χ2v) is 9.82. The van der Waals surface area contributed by atoms with Crippen LogP contribution in [0.3, 0.4) is 0 Å². The molecule has 2 heterocycles. The SMILES string of the molecule is CCc1cccc(CC)c1-n1c(SCCS(C)(=O)=O)nnc1-c1cccnc1. The van der Waals surface area contributed by atoms with Crippen molar-refractivity contribution in [1.82, 2.24) is 19.7 Å². The fourth-order valence-corrected chi connectivity index (χ4v) is 5.17. The van der Waals surface area contributed by atoms with Crippen LogP contribution in [0.25, 0.3) is 17.1 Å². The fourth-order valence-electron chi connectivity index (χ4n) is 3.03. The minimum atomic E-state index is -3.03. The molecule has 0 aliphatic rings. The van der Waals surface area contributed by atoms with E-state index in [0.717, 1.165) is 24.1 Å². The zero-order chi connectivity index (χ0) is 20.1. The number of para-hydroxylation sites is 1. The summed E-state index contributed by atoms with van der Waals surface area (Å²) in [5, 5.41) is 9.52. The predicted octanol–water partition coefficient (Wildman–Crippen LogP) is 3.59. The number of hydrogen-bond acceptors (Lipinski definition) is 6. The van der Waals surface area contributed by atoms with E-state index in [-0.39, 0.29) is 5.75 Å². The van der Waals surface area contributed by atoms with Crippen molar-refractivity contribution in [3.05, 3.63) is 53.9 Å². The van der Waals surface area contributed by atoms with E-state index in [0.29, 0.717) is 16.7 Å². The number of rotatable bonds is 8. The third-order valence-electron chi connectivity index (χ3n) is 4.43. The smallest absolute Gasteiger partial charge is 0.196 e. The zero-order valence-corrected chi connectivity index (χ0v) is 17.9. The molecule has 0 fully saturated rings. The highest BCUT2D eigenvalue weighted by atomic mass is 32.2. The van der Waals surface area contributed by atoms with Crippen molar-refractivity contribution in [3.8, 4) is 17.1 Å². The average molecular weight is 417 g/mol. The lowest BCUT2D eigenvalue weighted by Gasteiger charge is -2.17. The Labute approximate surface area is 170 Å². The maximum atomic E-state index is 11.5. The summed E-state index contributed by atoms with van der Waals surface area (Å²) in [5.41, 5.74) is 4.36. The molecule has 0 aliphatic carbocycles. The Hall–Kier alpha value is -2.19. The summed E-state index contributed by atoms with van der Waals surface area (Å²) < 4.78 is 25.1. The van der Waals surface area contributed by atoms with Gasteiger partial charge in [-0.25, -0.2) is 8.42 Å². The zero-order valence-electron chi connectivity index (χ0n) is 16.3. The molecule has 0 bridgehead atoms. The highest BCUT2D eigenvalue weighted by Crippen LogP contribution is 2.32. The Morgan fingerprint density at radius 2 is 1.75 bits per heavy atom. The monoisotopic (exact) mass is 416 g/mol. The number of sulfone groups is 1. The van der Waals surface area contributed by atoms with Crippen LogP contribution in [0.5, 0.6) is 0 Å². The van der Waals surface area contributed by atoms with Crippen LogP contribution in [0, 0.1) is 0 Å². The van der Waals surface area contributed by atoms with E-state index in [4.69, 9.17) is 0 Å². The second kappa shape index (κ2) is 8.87. The largest absolute Gasteiger partial charge is 0.269 e. The molecule has 0 N–H and O–H groups in total. The molecule has 0 unspecified atom stereocenters. The molecule has 0 aliphatic heterocycles. The number of aromatic nitrogens is 4. The van der Waals surface area contributed by atoms with Gasteiger partial charge in [-0.05, 0) is 36.1 Å². The standard InChI is InChI=1S/C20H24N4O2S2/c1-4-15-8-6-9-16(5-2)18(15)24-19(17-10-7-11-21-14-17)22-23-20(24)27-12-13-28(3,25)26/h6-11,14H,4-5,12-13H2,1-3H3. The Balaban J connectivity index is 2.16. The van der Waals surface area contributed by atoms with E-state index >= 15 is 0 Å². The van der Waals surface area contributed by atoms with E-state index < -0.39 is 9.84 Å². The summed E-state index contributed by atoms with van der Waals surface area (Å²) in [6.07, 6.45) is 6.50. The molecule has 0 spiro atoms. The molecule has 0 radical (unpaired) electrons. The van der Waals surface area contributed by atoms with Crippen LogP contribution in [0.4, 0.5) is 0 Å². The van der Waals surface area contributed by atoms with Crippen molar-refractivity contribution in [1.29, 1.82) is 0 Å². The molecular formula is C20H24N4O2S2. The predicted molar refractivity (Wildman–Crippen MR) is 114 cm³/mol. The van der Waals surface area contributed by atoms with Gasteiger partial charge in [0.25, 0.3) is 0 Å². The number of nitrogens with zero attached hydrogens (tertiary/aromatic N) is 4. The summed E-state index contributed by atoms with van der Waals surface area (Å²) in [7, 11) is -3.03. The molecule has 6 nitrogen and oxygen atoms in total. The molecule has 28 heavy (non-hydrogen) atoms. The topological polar surface area (TPSA) is 77.7 Å². The number of pyridine rings is 1. The first-order valence-corrected chi connectivity index (χ1v) is 12.3. The van der Waals surface area contributed by atoms with Gasteiger partial charge in [-0.1, -0.05) is 43.8 Å². The van der Waals surface area contributed by atoms with Crippen LogP contribution in [0.2, 0.25) is 0 Å². The van der Waals surface area contributed by atoms with E-state index in [1.807, 2.05) is 12.1 Å². The molecule has 1 aromatic carbocycles. The molecule has 0 saturated carbocycles. The van der Waals surface area contributed by atoms with Gasteiger partial charge in [-0.2, -0.15) is 0 Å². The third-order valence-corrected chi connectivity index (χ3v) is 6.56. The van der Waals surface area contributed by atoms with Gasteiger partial charge in [-0.15, -0.1) is 10.2 Å². The lowest BCUT2D eigenvalue weighted by molar-refractivity contribution is 0.603. The van der Waals surface area contributed by atoms with Crippen molar-refractivity contribution in [2.75, 3.05) is 17.8 Å². The van der Waals surface area contributed by atoms with Gasteiger partial charge < -0.3 is 0 Å². The van der Waals surface area contributed by atoms with Crippen molar-refractivity contribution in [3.63, 3.8) is 0 Å². The van der Waals surface area contributed by atoms with Crippen molar-refractivity contribution in [2.24, 2.45) is 0 Å². The van der Waals surface area contributed by atoms with Gasteiger partial charge in [0.15, 0.2) is 11.0 Å². The molecule has 0 amide bonds. The minimum absolute atomic E-state index is 0.100. The first-order valence-electron chi connectivity index (χ1n) is 9.22. The molecule has 3 rings (SSSR count). The number of hydrogen-bond donors (Lipinski definition) is 0. The maximum absolute atomic E-state index is 11.5. The van der Waals surface area contributed by atoms with Crippen LogP contribution in [-0.2, 0) is 22.7 Å². The average Bonchev–Trinajstić information content (AvgIpc) is 3.10. The number of benzene rings is 1. The molecule has 3 aromatic rings. The van der Waals surface area contributed by atoms with Crippen LogP contribution in [0.1, 0.15) is 25.0 Å². The van der Waals surface area contributed by atoms with Gasteiger partial charge in [0, 0.05) is 30.0 Å². The maximum Gasteiger partial charge on any atom is 0.196 e. The third kappa shape index (κ3) is 4.62. The van der Waals surface area contributed by atoms with Crippen LogP contribution >= 0.6 is 11.8 Å². The Bertz CT molecular complexity index is 1030. The summed E-state index contributed by atoms with van der Waals surface area (Å²) in [6, 6.07) is 10.1. The van der Waals surface area contributed by atoms with Gasteiger partial charge in [0.1, 0.15) is 9.84 Å². The summed E-state index contributed by atoms with van der Waals surface area (Å²) in [5.74, 6) is 1.24. The quantitative estimate of drug-likeness (QED) is 0.522. The van der Waals surface area contributed by atoms with Crippen LogP contribution in [0.15, 0.2) is 47.9 Å². The highest BCUT2D eigenvalue weighted by Gasteiger charge is 2.20. The van der Waals surface area contributed by atoms with Gasteiger partial charge >= 0.3 is 0 Å². The first kappa shape index (κ1) is 20.5. The van der Waals surface area contributed by atoms with Crippen molar-refractivity contribution >= 4 is 21.6 Å². The normalized spacial score (nSPS) is 11.7. The van der Waals surface area contributed by atoms with Gasteiger partial charge in [0.05, 0.1) is 11.4 Å². The van der Waals surface area contributed by atoms with Gasteiger partial charge in [-0.3, -0.25) is 9.55 Å². The molecule has 0 atom stereocenters. The number of thioether (sulfide) groups is 1. The highest BCUT2D eigenvalue weighted by molar-refractivity contribution is 8.00. The van der Waals surface area contributed by atoms with E-state index in [1.54, 1.807) is 12.4 Å². The molecule has 8 heteroatoms. The summed E-state index contributed by atoms with van der Waals surface area (Å²) >= 11 is 1.41. The summed E-state index contributed by atoms with van der Waals surface area (Å²) in [4.78, 5) is 4.22. The van der Waals surface area contributed by atoms with Crippen LogP contribution < -0.4 is 0 Å². The minimum Gasteiger partial charge on any atom is -0.269 e. The molecule has 0 saturated heterocycles. The van der Waals surface area contributed by atoms with E-state index in [1.165, 1.54) is 29.1 Å². The van der Waals surface area contributed by atoms with Crippen LogP contribution in [-0.4, -0.2) is 45.9 Å². The van der Waals surface area contributed by atoms with Crippen molar-refractivity contribution < 1.29 is 8.42 Å². The Morgan fingerprint density at radius 1 is 1.04 bits per heavy atom. The Morgan fingerprint density at radius 3 is 2.32 bits per heavy atom. The van der Waals surface area contributed by atoms with E-state index in [2.05, 4.69) is 51.8 Å². The van der Waals surface area contributed by atoms with E-state index in [9.17, 15) is 8.42 Å².